The molecule has 0 fully saturated rings. The van der Waals surface area contributed by atoms with Crippen LogP contribution in [-0.4, -0.2) is 29.2 Å². The maximum absolute atomic E-state index is 5.77. The monoisotopic (exact) mass is 266 g/mol. The molecule has 0 aliphatic carbocycles. The highest BCUT2D eigenvalue weighted by molar-refractivity contribution is 5.44. The van der Waals surface area contributed by atoms with Crippen molar-refractivity contribution in [3.8, 4) is 0 Å². The molecule has 0 spiro atoms. The summed E-state index contributed by atoms with van der Waals surface area (Å²) in [5.41, 5.74) is 5.77. The highest BCUT2D eigenvalue weighted by atomic mass is 16.5. The van der Waals surface area contributed by atoms with Gasteiger partial charge in [-0.2, -0.15) is 0 Å². The minimum atomic E-state index is 0.281. The van der Waals surface area contributed by atoms with Crippen LogP contribution in [0.4, 0.5) is 11.6 Å². The predicted octanol–water partition coefficient (Wildman–Crippen LogP) is 2.80. The Morgan fingerprint density at radius 3 is 2.58 bits per heavy atom. The van der Waals surface area contributed by atoms with E-state index in [1.807, 2.05) is 0 Å². The molecule has 0 saturated heterocycles. The lowest BCUT2D eigenvalue weighted by Crippen LogP contribution is -2.10. The Hall–Kier alpha value is -1.36. The molecule has 0 saturated carbocycles. The van der Waals surface area contributed by atoms with Gasteiger partial charge in [-0.15, -0.1) is 0 Å². The molecule has 5 nitrogen and oxygen atoms in total. The maximum atomic E-state index is 5.77. The molecule has 19 heavy (non-hydrogen) atoms. The van der Waals surface area contributed by atoms with Gasteiger partial charge < -0.3 is 15.8 Å². The summed E-state index contributed by atoms with van der Waals surface area (Å²) in [6.45, 7) is 9.90. The van der Waals surface area contributed by atoms with Gasteiger partial charge in [0.05, 0.1) is 6.10 Å². The zero-order chi connectivity index (χ0) is 14.3. The molecular weight excluding hydrogens is 240 g/mol. The van der Waals surface area contributed by atoms with E-state index in [1.165, 1.54) is 0 Å². The van der Waals surface area contributed by atoms with Crippen LogP contribution in [0.5, 0.6) is 0 Å². The highest BCUT2D eigenvalue weighted by Gasteiger charge is 2.06. The summed E-state index contributed by atoms with van der Waals surface area (Å²) in [4.78, 5) is 8.66. The molecule has 1 heterocycles. The van der Waals surface area contributed by atoms with E-state index in [0.29, 0.717) is 11.9 Å². The smallest absolute Gasteiger partial charge is 0.135 e. The number of nitrogens with one attached hydrogen (secondary N) is 1. The van der Waals surface area contributed by atoms with Gasteiger partial charge in [0.15, 0.2) is 0 Å². The van der Waals surface area contributed by atoms with Crippen LogP contribution in [0.3, 0.4) is 0 Å². The fraction of sp³-hybridized carbons (Fsp3) is 0.714. The van der Waals surface area contributed by atoms with Gasteiger partial charge in [0.1, 0.15) is 17.5 Å². The van der Waals surface area contributed by atoms with Crippen LogP contribution in [0.25, 0.3) is 0 Å². The summed E-state index contributed by atoms with van der Waals surface area (Å²) in [5, 5.41) is 3.28. The number of anilines is 2. The van der Waals surface area contributed by atoms with Gasteiger partial charge in [-0.3, -0.25) is 0 Å². The number of aromatic nitrogens is 2. The van der Waals surface area contributed by atoms with Crippen molar-refractivity contribution in [2.45, 2.75) is 52.6 Å². The van der Waals surface area contributed by atoms with E-state index in [1.54, 1.807) is 6.07 Å². The molecule has 0 unspecified atom stereocenters. The first kappa shape index (κ1) is 15.7. The van der Waals surface area contributed by atoms with Crippen molar-refractivity contribution < 1.29 is 4.74 Å². The summed E-state index contributed by atoms with van der Waals surface area (Å²) < 4.78 is 5.49. The molecule has 0 aliphatic rings. The lowest BCUT2D eigenvalue weighted by molar-refractivity contribution is 0.0765. The molecule has 5 heteroatoms. The van der Waals surface area contributed by atoms with Gasteiger partial charge in [0.25, 0.3) is 0 Å². The summed E-state index contributed by atoms with van der Waals surface area (Å²) in [6.07, 6.45) is 2.40. The van der Waals surface area contributed by atoms with Crippen molar-refractivity contribution >= 4 is 11.6 Å². The van der Waals surface area contributed by atoms with E-state index in [9.17, 15) is 0 Å². The lowest BCUT2D eigenvalue weighted by Gasteiger charge is -2.10. The van der Waals surface area contributed by atoms with Gasteiger partial charge in [0.2, 0.25) is 0 Å². The molecule has 0 bridgehead atoms. The van der Waals surface area contributed by atoms with E-state index in [0.717, 1.165) is 37.6 Å². The third kappa shape index (κ3) is 6.38. The highest BCUT2D eigenvalue weighted by Crippen LogP contribution is 2.14. The molecule has 1 aromatic rings. The molecule has 108 valence electrons. The zero-order valence-corrected chi connectivity index (χ0v) is 12.4. The number of unbranched alkanes of at least 4 members (excludes halogenated alkanes) is 1. The van der Waals surface area contributed by atoms with Crippen molar-refractivity contribution in [1.82, 2.24) is 9.97 Å². The van der Waals surface area contributed by atoms with E-state index in [-0.39, 0.29) is 5.92 Å². The van der Waals surface area contributed by atoms with Crippen molar-refractivity contribution in [2.24, 2.45) is 0 Å². The van der Waals surface area contributed by atoms with Gasteiger partial charge in [-0.05, 0) is 26.7 Å². The Bertz CT molecular complexity index is 380. The quantitative estimate of drug-likeness (QED) is 0.708. The SMILES string of the molecule is CC(C)OCCCCNc1cc(N)nc(C(C)C)n1. The number of ether oxygens (including phenoxy) is 1. The first-order valence-electron chi connectivity index (χ1n) is 6.99. The second-order valence-electron chi connectivity index (χ2n) is 5.24. The van der Waals surface area contributed by atoms with Crippen LogP contribution in [0, 0.1) is 0 Å². The van der Waals surface area contributed by atoms with E-state index < -0.39 is 0 Å². The topological polar surface area (TPSA) is 73.1 Å². The molecule has 0 aromatic carbocycles. The van der Waals surface area contributed by atoms with Crippen LogP contribution in [0.15, 0.2) is 6.07 Å². The van der Waals surface area contributed by atoms with Gasteiger partial charge in [-0.25, -0.2) is 9.97 Å². The number of rotatable bonds is 8. The summed E-state index contributed by atoms with van der Waals surface area (Å²) in [7, 11) is 0. The molecular formula is C14H26N4O. The van der Waals surface area contributed by atoms with Crippen LogP contribution >= 0.6 is 0 Å². The molecule has 3 N–H and O–H groups in total. The lowest BCUT2D eigenvalue weighted by atomic mass is 10.2. The van der Waals surface area contributed by atoms with E-state index in [4.69, 9.17) is 10.5 Å². The van der Waals surface area contributed by atoms with Crippen molar-refractivity contribution in [3.05, 3.63) is 11.9 Å². The number of nitrogens with zero attached hydrogens (tertiary/aromatic N) is 2. The number of hydrogen-bond acceptors (Lipinski definition) is 5. The van der Waals surface area contributed by atoms with Gasteiger partial charge in [-0.1, -0.05) is 13.8 Å². The second-order valence-corrected chi connectivity index (χ2v) is 5.24. The van der Waals surface area contributed by atoms with E-state index in [2.05, 4.69) is 43.0 Å². The Morgan fingerprint density at radius 2 is 1.95 bits per heavy atom. The summed E-state index contributed by atoms with van der Waals surface area (Å²) in [6, 6.07) is 1.77. The first-order valence-corrected chi connectivity index (χ1v) is 6.99. The fourth-order valence-corrected chi connectivity index (χ4v) is 1.60. The van der Waals surface area contributed by atoms with Crippen molar-refractivity contribution in [1.29, 1.82) is 0 Å². The summed E-state index contributed by atoms with van der Waals surface area (Å²) >= 11 is 0. The zero-order valence-electron chi connectivity index (χ0n) is 12.4. The number of nitrogen functional groups attached to an aromatic ring is 1. The minimum Gasteiger partial charge on any atom is -0.384 e. The minimum absolute atomic E-state index is 0.281. The average molecular weight is 266 g/mol. The predicted molar refractivity (Wildman–Crippen MR) is 79.3 cm³/mol. The Labute approximate surface area is 116 Å². The molecule has 0 aliphatic heterocycles. The largest absolute Gasteiger partial charge is 0.384 e. The Balaban J connectivity index is 2.33. The maximum Gasteiger partial charge on any atom is 0.135 e. The first-order chi connectivity index (χ1) is 8.99. The Kier molecular flexibility index (Phi) is 6.56. The molecule has 1 rings (SSSR count). The van der Waals surface area contributed by atoms with E-state index >= 15 is 0 Å². The number of nitrogens with two attached hydrogens (primary N) is 1. The van der Waals surface area contributed by atoms with Crippen molar-refractivity contribution in [3.63, 3.8) is 0 Å². The average Bonchev–Trinajstić information content (AvgIpc) is 2.32. The van der Waals surface area contributed by atoms with Crippen LogP contribution in [-0.2, 0) is 4.74 Å². The van der Waals surface area contributed by atoms with Gasteiger partial charge >= 0.3 is 0 Å². The standard InChI is InChI=1S/C14H26N4O/c1-10(2)14-17-12(15)9-13(18-14)16-7-5-6-8-19-11(3)4/h9-11H,5-8H2,1-4H3,(H3,15,16,17,18). The summed E-state index contributed by atoms with van der Waals surface area (Å²) in [5.74, 6) is 2.39. The van der Waals surface area contributed by atoms with Crippen LogP contribution in [0.2, 0.25) is 0 Å². The third-order valence-corrected chi connectivity index (χ3v) is 2.61. The van der Waals surface area contributed by atoms with Crippen molar-refractivity contribution in [2.75, 3.05) is 24.2 Å². The number of hydrogen-bond donors (Lipinski definition) is 2. The molecule has 0 amide bonds. The molecule has 0 atom stereocenters. The van der Waals surface area contributed by atoms with Crippen LogP contribution < -0.4 is 11.1 Å². The normalized spacial score (nSPS) is 11.3. The fourth-order valence-electron chi connectivity index (χ4n) is 1.60. The third-order valence-electron chi connectivity index (χ3n) is 2.61. The second kappa shape index (κ2) is 7.94. The van der Waals surface area contributed by atoms with Gasteiger partial charge in [0, 0.05) is 25.1 Å². The Morgan fingerprint density at radius 1 is 1.21 bits per heavy atom. The van der Waals surface area contributed by atoms with Crippen LogP contribution in [0.1, 0.15) is 52.3 Å². The molecule has 0 radical (unpaired) electrons. The molecule has 1 aromatic heterocycles.